The number of esters is 1. The van der Waals surface area contributed by atoms with E-state index >= 15 is 0 Å². The van der Waals surface area contributed by atoms with E-state index in [4.69, 9.17) is 5.26 Å². The lowest BCUT2D eigenvalue weighted by Gasteiger charge is -2.02. The van der Waals surface area contributed by atoms with Crippen molar-refractivity contribution in [2.45, 2.75) is 13.3 Å². The molecule has 0 amide bonds. The van der Waals surface area contributed by atoms with Gasteiger partial charge in [-0.05, 0) is 6.92 Å². The molecule has 0 spiro atoms. The minimum absolute atomic E-state index is 0.365. The molecule has 0 aliphatic rings. The number of hydrogen-bond acceptors (Lipinski definition) is 8. The van der Waals surface area contributed by atoms with Crippen LogP contribution in [-0.2, 0) is 11.2 Å². The van der Waals surface area contributed by atoms with Crippen LogP contribution in [0.2, 0.25) is 0 Å². The number of thiazole rings is 1. The summed E-state index contributed by atoms with van der Waals surface area (Å²) in [4.78, 5) is 16.6. The Hall–Kier alpha value is -2.53. The Labute approximate surface area is 125 Å². The first-order valence-corrected chi connectivity index (χ1v) is 6.97. The average molecular weight is 303 g/mol. The summed E-state index contributed by atoms with van der Waals surface area (Å²) in [7, 11) is 1.34. The van der Waals surface area contributed by atoms with E-state index < -0.39 is 5.97 Å². The normalized spacial score (nSPS) is 9.95. The van der Waals surface area contributed by atoms with Crippen LogP contribution in [0.5, 0.6) is 0 Å². The van der Waals surface area contributed by atoms with Gasteiger partial charge in [-0.1, -0.05) is 0 Å². The van der Waals surface area contributed by atoms with Crippen LogP contribution in [0, 0.1) is 18.3 Å². The summed E-state index contributed by atoms with van der Waals surface area (Å²) in [5.41, 5.74) is 0.814. The van der Waals surface area contributed by atoms with Gasteiger partial charge in [0.05, 0.1) is 23.9 Å². The van der Waals surface area contributed by atoms with E-state index in [0.29, 0.717) is 30.0 Å². The second-order valence-electron chi connectivity index (χ2n) is 4.12. The van der Waals surface area contributed by atoms with Gasteiger partial charge in [-0.15, -0.1) is 16.4 Å². The molecule has 8 heteroatoms. The van der Waals surface area contributed by atoms with Crippen molar-refractivity contribution in [3.05, 3.63) is 33.4 Å². The Bertz CT molecular complexity index is 692. The summed E-state index contributed by atoms with van der Waals surface area (Å²) >= 11 is 1.46. The summed E-state index contributed by atoms with van der Waals surface area (Å²) in [5, 5.41) is 20.3. The molecule has 0 aliphatic carbocycles. The van der Waals surface area contributed by atoms with Crippen molar-refractivity contribution >= 4 is 23.1 Å². The number of carbonyl (C=O) groups excluding carboxylic acids is 1. The zero-order valence-corrected chi connectivity index (χ0v) is 12.4. The third kappa shape index (κ3) is 3.73. The Morgan fingerprint density at radius 2 is 2.38 bits per heavy atom. The largest absolute Gasteiger partial charge is 0.464 e. The van der Waals surface area contributed by atoms with E-state index in [0.717, 1.165) is 9.88 Å². The zero-order chi connectivity index (χ0) is 15.2. The van der Waals surface area contributed by atoms with Crippen LogP contribution in [-0.4, -0.2) is 34.8 Å². The molecular formula is C13H13N5O2S. The lowest BCUT2D eigenvalue weighted by atomic mass is 10.3. The lowest BCUT2D eigenvalue weighted by Crippen LogP contribution is -2.08. The van der Waals surface area contributed by atoms with Gasteiger partial charge in [0.15, 0.2) is 5.69 Å². The molecule has 0 unspecified atom stereocenters. The molecular weight excluding hydrogens is 290 g/mol. The maximum atomic E-state index is 11.5. The highest BCUT2D eigenvalue weighted by Crippen LogP contribution is 2.18. The van der Waals surface area contributed by atoms with Gasteiger partial charge in [-0.25, -0.2) is 9.78 Å². The number of ether oxygens (including phenoxy) is 1. The second-order valence-corrected chi connectivity index (χ2v) is 5.41. The summed E-state index contributed by atoms with van der Waals surface area (Å²) < 4.78 is 4.67. The average Bonchev–Trinajstić information content (AvgIpc) is 2.87. The van der Waals surface area contributed by atoms with Crippen LogP contribution in [0.25, 0.3) is 0 Å². The predicted molar refractivity (Wildman–Crippen MR) is 77.1 cm³/mol. The minimum atomic E-state index is -0.421. The van der Waals surface area contributed by atoms with E-state index in [2.05, 4.69) is 25.2 Å². The summed E-state index contributed by atoms with van der Waals surface area (Å²) in [6, 6.07) is 3.63. The molecule has 0 saturated heterocycles. The molecule has 0 saturated carbocycles. The van der Waals surface area contributed by atoms with Crippen LogP contribution < -0.4 is 5.32 Å². The quantitative estimate of drug-likeness (QED) is 0.836. The SMILES string of the molecule is COC(=O)c1nc(CCNc2cc(C#N)cnn2)sc1C. The van der Waals surface area contributed by atoms with Crippen LogP contribution >= 0.6 is 11.3 Å². The van der Waals surface area contributed by atoms with Crippen molar-refractivity contribution in [1.29, 1.82) is 5.26 Å². The molecule has 2 heterocycles. The Balaban J connectivity index is 1.94. The van der Waals surface area contributed by atoms with Gasteiger partial charge in [0.1, 0.15) is 11.9 Å². The van der Waals surface area contributed by atoms with Crippen molar-refractivity contribution in [2.24, 2.45) is 0 Å². The number of aromatic nitrogens is 3. The molecule has 0 aliphatic heterocycles. The molecule has 7 nitrogen and oxygen atoms in total. The number of hydrogen-bond donors (Lipinski definition) is 1. The van der Waals surface area contributed by atoms with E-state index in [1.165, 1.54) is 24.6 Å². The van der Waals surface area contributed by atoms with Crippen molar-refractivity contribution in [3.8, 4) is 6.07 Å². The van der Waals surface area contributed by atoms with Gasteiger partial charge in [0, 0.05) is 23.9 Å². The number of nitrogens with one attached hydrogen (secondary N) is 1. The highest BCUT2D eigenvalue weighted by atomic mass is 32.1. The van der Waals surface area contributed by atoms with Gasteiger partial charge < -0.3 is 10.1 Å². The van der Waals surface area contributed by atoms with Crippen molar-refractivity contribution in [3.63, 3.8) is 0 Å². The molecule has 2 aromatic heterocycles. The maximum absolute atomic E-state index is 11.5. The number of nitriles is 1. The first kappa shape index (κ1) is 14.9. The van der Waals surface area contributed by atoms with E-state index in [1.54, 1.807) is 6.07 Å². The summed E-state index contributed by atoms with van der Waals surface area (Å²) in [5.74, 6) is 0.117. The number of carbonyl (C=O) groups is 1. The molecule has 2 aromatic rings. The van der Waals surface area contributed by atoms with Crippen molar-refractivity contribution < 1.29 is 9.53 Å². The third-order valence-electron chi connectivity index (χ3n) is 2.65. The fourth-order valence-electron chi connectivity index (χ4n) is 1.66. The molecule has 0 fully saturated rings. The fourth-order valence-corrected chi connectivity index (χ4v) is 2.58. The highest BCUT2D eigenvalue weighted by molar-refractivity contribution is 7.11. The summed E-state index contributed by atoms with van der Waals surface area (Å²) in [6.45, 7) is 2.42. The van der Waals surface area contributed by atoms with Crippen molar-refractivity contribution in [1.82, 2.24) is 15.2 Å². The van der Waals surface area contributed by atoms with Gasteiger partial charge in [-0.3, -0.25) is 0 Å². The number of nitrogens with zero attached hydrogens (tertiary/aromatic N) is 4. The molecule has 0 atom stereocenters. The van der Waals surface area contributed by atoms with Crippen LogP contribution in [0.1, 0.15) is 25.9 Å². The molecule has 2 rings (SSSR count). The summed E-state index contributed by atoms with van der Waals surface area (Å²) in [6.07, 6.45) is 2.04. The van der Waals surface area contributed by atoms with Gasteiger partial charge in [0.25, 0.3) is 0 Å². The molecule has 21 heavy (non-hydrogen) atoms. The highest BCUT2D eigenvalue weighted by Gasteiger charge is 2.15. The molecule has 1 N–H and O–H groups in total. The maximum Gasteiger partial charge on any atom is 0.357 e. The topological polar surface area (TPSA) is 101 Å². The smallest absolute Gasteiger partial charge is 0.357 e. The minimum Gasteiger partial charge on any atom is -0.464 e. The van der Waals surface area contributed by atoms with Gasteiger partial charge >= 0.3 is 5.97 Å². The molecule has 0 bridgehead atoms. The van der Waals surface area contributed by atoms with Crippen LogP contribution in [0.15, 0.2) is 12.3 Å². The number of methoxy groups -OCH3 is 1. The van der Waals surface area contributed by atoms with Crippen molar-refractivity contribution in [2.75, 3.05) is 19.0 Å². The number of anilines is 1. The number of rotatable bonds is 5. The van der Waals surface area contributed by atoms with E-state index in [1.807, 2.05) is 13.0 Å². The second kappa shape index (κ2) is 6.76. The van der Waals surface area contributed by atoms with E-state index in [-0.39, 0.29) is 0 Å². The monoisotopic (exact) mass is 303 g/mol. The predicted octanol–water partition coefficient (Wildman–Crippen LogP) is 1.55. The Morgan fingerprint density at radius 1 is 1.57 bits per heavy atom. The van der Waals surface area contributed by atoms with E-state index in [9.17, 15) is 4.79 Å². The van der Waals surface area contributed by atoms with Crippen LogP contribution in [0.3, 0.4) is 0 Å². The molecule has 0 aromatic carbocycles. The lowest BCUT2D eigenvalue weighted by molar-refractivity contribution is 0.0594. The fraction of sp³-hybridized carbons (Fsp3) is 0.308. The molecule has 0 radical (unpaired) electrons. The standard InChI is InChI=1S/C13H13N5O2S/c1-8-12(13(19)20-2)17-11(21-8)3-4-15-10-5-9(6-14)7-16-18-10/h5,7H,3-4H2,1-2H3,(H,15,18). The van der Waals surface area contributed by atoms with Gasteiger partial charge in [0.2, 0.25) is 0 Å². The first-order valence-electron chi connectivity index (χ1n) is 6.15. The number of aryl methyl sites for hydroxylation is 1. The Kier molecular flexibility index (Phi) is 4.79. The molecule has 108 valence electrons. The third-order valence-corrected chi connectivity index (χ3v) is 3.68. The zero-order valence-electron chi connectivity index (χ0n) is 11.6. The Morgan fingerprint density at radius 3 is 3.10 bits per heavy atom. The van der Waals surface area contributed by atoms with Crippen LogP contribution in [0.4, 0.5) is 5.82 Å². The first-order chi connectivity index (χ1) is 10.1. The van der Waals surface area contributed by atoms with Gasteiger partial charge in [-0.2, -0.15) is 10.4 Å².